The monoisotopic (exact) mass is 462 g/mol. The summed E-state index contributed by atoms with van der Waals surface area (Å²) in [6, 6.07) is 15.8. The third-order valence-electron chi connectivity index (χ3n) is 4.91. The number of ether oxygens (including phenoxy) is 1. The highest BCUT2D eigenvalue weighted by Crippen LogP contribution is 2.30. The molecule has 2 aromatic carbocycles. The maximum atomic E-state index is 13.5. The molecule has 0 bridgehead atoms. The van der Waals surface area contributed by atoms with Gasteiger partial charge >= 0.3 is 12.3 Å². The van der Waals surface area contributed by atoms with Crippen molar-refractivity contribution in [3.8, 4) is 0 Å². The first-order valence-corrected chi connectivity index (χ1v) is 9.76. The minimum Gasteiger partial charge on any atom is -0.435 e. The number of anilines is 1. The molecule has 0 radical (unpaired) electrons. The molecule has 1 N–H and O–H groups in total. The summed E-state index contributed by atoms with van der Waals surface area (Å²) in [6.07, 6.45) is -6.29. The maximum Gasteiger partial charge on any atom is 0.426 e. The Morgan fingerprint density at radius 1 is 1.17 bits per heavy atom. The van der Waals surface area contributed by atoms with Crippen LogP contribution in [0.3, 0.4) is 0 Å². The zero-order valence-electron chi connectivity index (χ0n) is 16.1. The zero-order chi connectivity index (χ0) is 20.9. The van der Waals surface area contributed by atoms with Crippen LogP contribution in [0.5, 0.6) is 0 Å². The van der Waals surface area contributed by atoms with E-state index in [4.69, 9.17) is 16.3 Å². The van der Waals surface area contributed by atoms with Crippen molar-refractivity contribution in [3.05, 3.63) is 65.2 Å². The Kier molecular flexibility index (Phi) is 8.82. The van der Waals surface area contributed by atoms with Crippen LogP contribution >= 0.6 is 24.0 Å². The van der Waals surface area contributed by atoms with Crippen LogP contribution in [0.25, 0.3) is 0 Å². The molecule has 4 nitrogen and oxygen atoms in total. The topological polar surface area (TPSA) is 41.6 Å². The molecule has 30 heavy (non-hydrogen) atoms. The number of hydrogen-bond donors (Lipinski definition) is 1. The van der Waals surface area contributed by atoms with E-state index in [0.29, 0.717) is 23.8 Å². The second kappa shape index (κ2) is 10.9. The lowest BCUT2D eigenvalue weighted by Crippen LogP contribution is -2.47. The molecular formula is C21H23Cl2F3N2O2. The molecule has 1 fully saturated rings. The van der Waals surface area contributed by atoms with Crippen LogP contribution in [0.2, 0.25) is 5.02 Å². The van der Waals surface area contributed by atoms with Gasteiger partial charge in [0.2, 0.25) is 6.10 Å². The quantitative estimate of drug-likeness (QED) is 0.581. The number of alkyl halides is 3. The summed E-state index contributed by atoms with van der Waals surface area (Å²) in [5.41, 5.74) is 1.42. The van der Waals surface area contributed by atoms with E-state index in [1.54, 1.807) is 4.90 Å². The number of likely N-dealkylation sites (tertiary alicyclic amines) is 1. The molecule has 3 rings (SSSR count). The standard InChI is InChI=1S/C21H22ClF3N2O2.ClH/c22-17-8-10-18(11-9-17)26-20(28)29-19(21(23,24)25)14-27-12-4-7-16(13-27)15-5-2-1-3-6-15;/h1-3,5-6,8-11,16,19H,4,7,12-14H2,(H,26,28);1H/t16-,19+;/m1./s1. The van der Waals surface area contributed by atoms with E-state index in [2.05, 4.69) is 5.32 Å². The molecule has 2 atom stereocenters. The van der Waals surface area contributed by atoms with Crippen LogP contribution in [-0.2, 0) is 4.74 Å². The van der Waals surface area contributed by atoms with E-state index in [1.165, 1.54) is 24.3 Å². The van der Waals surface area contributed by atoms with Gasteiger partial charge in [0, 0.05) is 23.8 Å². The molecule has 2 aromatic rings. The highest BCUT2D eigenvalue weighted by molar-refractivity contribution is 6.30. The second-order valence-electron chi connectivity index (χ2n) is 7.08. The number of piperidine rings is 1. The number of hydrogen-bond acceptors (Lipinski definition) is 3. The van der Waals surface area contributed by atoms with E-state index in [1.807, 2.05) is 30.3 Å². The molecular weight excluding hydrogens is 440 g/mol. The highest BCUT2D eigenvalue weighted by Gasteiger charge is 2.44. The number of rotatable bonds is 5. The van der Waals surface area contributed by atoms with Crippen LogP contribution in [0.15, 0.2) is 54.6 Å². The molecule has 1 heterocycles. The van der Waals surface area contributed by atoms with Gasteiger partial charge < -0.3 is 4.74 Å². The number of carbonyl (C=O) groups is 1. The normalized spacial score (nSPS) is 18.2. The molecule has 9 heteroatoms. The van der Waals surface area contributed by atoms with Gasteiger partial charge in [-0.3, -0.25) is 10.2 Å². The smallest absolute Gasteiger partial charge is 0.426 e. The first-order valence-electron chi connectivity index (χ1n) is 9.38. The van der Waals surface area contributed by atoms with Crippen LogP contribution < -0.4 is 5.32 Å². The summed E-state index contributed by atoms with van der Waals surface area (Å²) in [6.45, 7) is 0.651. The maximum absolute atomic E-state index is 13.5. The van der Waals surface area contributed by atoms with Crippen molar-refractivity contribution in [1.29, 1.82) is 0 Å². The van der Waals surface area contributed by atoms with Gasteiger partial charge in [0.15, 0.2) is 0 Å². The zero-order valence-corrected chi connectivity index (χ0v) is 17.6. The lowest BCUT2D eigenvalue weighted by molar-refractivity contribution is -0.207. The van der Waals surface area contributed by atoms with Crippen LogP contribution in [0.1, 0.15) is 24.3 Å². The summed E-state index contributed by atoms with van der Waals surface area (Å²) < 4.78 is 45.2. The van der Waals surface area contributed by atoms with Crippen molar-refractivity contribution < 1.29 is 22.7 Å². The van der Waals surface area contributed by atoms with E-state index in [0.717, 1.165) is 18.4 Å². The van der Waals surface area contributed by atoms with Crippen LogP contribution in [-0.4, -0.2) is 42.9 Å². The lowest BCUT2D eigenvalue weighted by atomic mass is 9.90. The predicted octanol–water partition coefficient (Wildman–Crippen LogP) is 6.12. The largest absolute Gasteiger partial charge is 0.435 e. The molecule has 1 aliphatic rings. The number of amides is 1. The first-order chi connectivity index (χ1) is 13.8. The van der Waals surface area contributed by atoms with Crippen molar-refractivity contribution in [2.24, 2.45) is 0 Å². The Morgan fingerprint density at radius 2 is 1.83 bits per heavy atom. The predicted molar refractivity (Wildman–Crippen MR) is 114 cm³/mol. The fraction of sp³-hybridized carbons (Fsp3) is 0.381. The lowest BCUT2D eigenvalue weighted by Gasteiger charge is -2.35. The fourth-order valence-corrected chi connectivity index (χ4v) is 3.60. The number of carbonyl (C=O) groups excluding carboxylic acids is 1. The molecule has 1 amide bonds. The van der Waals surface area contributed by atoms with E-state index >= 15 is 0 Å². The van der Waals surface area contributed by atoms with Crippen molar-refractivity contribution in [2.75, 3.05) is 25.0 Å². The summed E-state index contributed by atoms with van der Waals surface area (Å²) >= 11 is 5.76. The van der Waals surface area contributed by atoms with Crippen molar-refractivity contribution in [3.63, 3.8) is 0 Å². The summed E-state index contributed by atoms with van der Waals surface area (Å²) in [5, 5.41) is 2.76. The Balaban J connectivity index is 0.00000320. The third-order valence-corrected chi connectivity index (χ3v) is 5.16. The second-order valence-corrected chi connectivity index (χ2v) is 7.51. The van der Waals surface area contributed by atoms with Gasteiger partial charge in [-0.25, -0.2) is 4.79 Å². The third kappa shape index (κ3) is 7.07. The van der Waals surface area contributed by atoms with Crippen molar-refractivity contribution >= 4 is 35.8 Å². The van der Waals surface area contributed by atoms with E-state index < -0.39 is 18.4 Å². The number of nitrogens with zero attached hydrogens (tertiary/aromatic N) is 1. The summed E-state index contributed by atoms with van der Waals surface area (Å²) in [4.78, 5) is 13.7. The van der Waals surface area contributed by atoms with Gasteiger partial charge in [-0.05, 0) is 55.1 Å². The Labute approximate surface area is 184 Å². The molecule has 0 unspecified atom stereocenters. The van der Waals surface area contributed by atoms with Crippen molar-refractivity contribution in [1.82, 2.24) is 4.90 Å². The number of nitrogens with one attached hydrogen (secondary N) is 1. The van der Waals surface area contributed by atoms with Gasteiger partial charge in [0.1, 0.15) is 0 Å². The highest BCUT2D eigenvalue weighted by atomic mass is 35.5. The summed E-state index contributed by atoms with van der Waals surface area (Å²) in [7, 11) is 0. The van der Waals surface area contributed by atoms with Crippen LogP contribution in [0, 0.1) is 0 Å². The van der Waals surface area contributed by atoms with Gasteiger partial charge in [-0.2, -0.15) is 13.2 Å². The average Bonchev–Trinajstić information content (AvgIpc) is 2.69. The molecule has 0 aliphatic carbocycles. The van der Waals surface area contributed by atoms with Gasteiger partial charge in [-0.15, -0.1) is 12.4 Å². The van der Waals surface area contributed by atoms with Gasteiger partial charge in [0.05, 0.1) is 0 Å². The average molecular weight is 463 g/mol. The number of benzene rings is 2. The fourth-order valence-electron chi connectivity index (χ4n) is 3.47. The minimum absolute atomic E-state index is 0. The van der Waals surface area contributed by atoms with Crippen molar-refractivity contribution in [2.45, 2.75) is 31.0 Å². The molecule has 0 spiro atoms. The van der Waals surface area contributed by atoms with E-state index in [9.17, 15) is 18.0 Å². The van der Waals surface area contributed by atoms with Gasteiger partial charge in [-0.1, -0.05) is 41.9 Å². The SMILES string of the molecule is Cl.O=C(Nc1ccc(Cl)cc1)O[C@@H](CN1CCC[C@@H](c2ccccc2)C1)C(F)(F)F. The molecule has 164 valence electrons. The first kappa shape index (κ1) is 24.3. The van der Waals surface area contributed by atoms with E-state index in [-0.39, 0.29) is 24.9 Å². The van der Waals surface area contributed by atoms with Crippen LogP contribution in [0.4, 0.5) is 23.7 Å². The molecule has 0 aromatic heterocycles. The minimum atomic E-state index is -4.66. The Bertz CT molecular complexity index is 804. The molecule has 1 saturated heterocycles. The number of halogens is 5. The Morgan fingerprint density at radius 3 is 2.47 bits per heavy atom. The summed E-state index contributed by atoms with van der Waals surface area (Å²) in [5.74, 6) is 0.168. The van der Waals surface area contributed by atoms with Gasteiger partial charge in [0.25, 0.3) is 0 Å². The molecule has 0 saturated carbocycles. The Hall–Kier alpha value is -1.96. The molecule has 1 aliphatic heterocycles.